The Morgan fingerprint density at radius 3 is 2.51 bits per heavy atom. The van der Waals surface area contributed by atoms with E-state index in [1.165, 1.54) is 7.11 Å². The lowest BCUT2D eigenvalue weighted by Crippen LogP contribution is -2.50. The summed E-state index contributed by atoms with van der Waals surface area (Å²) < 4.78 is 4.62. The van der Waals surface area contributed by atoms with Crippen molar-refractivity contribution in [2.45, 2.75) is 45.4 Å². The number of terminal acetylenes is 1. The lowest BCUT2D eigenvalue weighted by molar-refractivity contribution is -0.144. The van der Waals surface area contributed by atoms with Crippen LogP contribution in [0, 0.1) is 23.2 Å². The summed E-state index contributed by atoms with van der Waals surface area (Å²) in [5.41, 5.74) is 11.7. The first-order valence-corrected chi connectivity index (χ1v) is 12.8. The highest BCUT2D eigenvalue weighted by atomic mass is 35.5. The summed E-state index contributed by atoms with van der Waals surface area (Å²) in [7, 11) is 1.29. The number of methoxy groups -OCH3 is 1. The van der Waals surface area contributed by atoms with Crippen molar-refractivity contribution in [1.29, 1.82) is 5.41 Å². The number of hydrogen-bond acceptors (Lipinski definition) is 9. The van der Waals surface area contributed by atoms with Crippen LogP contribution in [0.2, 0.25) is 5.15 Å². The standard InChI is InChI=1S/C26H35ClN8O4/c1-4-6-17(7-5-2)10-11-26(12-14-35(15-13-26)18(36)8-9-19(37)39-3)16-31-25(30)34-24(38)20-22(28)33-23(29)21(27)32-20/h1,5-7H,8-16H2,2-3H3,(H4,28,29,33)(H3,30,31,34,38)/b7-5-,17-6+. The molecule has 2 heterocycles. The van der Waals surface area contributed by atoms with E-state index >= 15 is 0 Å². The summed E-state index contributed by atoms with van der Waals surface area (Å²) >= 11 is 5.85. The van der Waals surface area contributed by atoms with E-state index in [1.807, 2.05) is 19.1 Å². The zero-order valence-electron chi connectivity index (χ0n) is 22.2. The molecule has 210 valence electrons. The van der Waals surface area contributed by atoms with E-state index in [9.17, 15) is 14.4 Å². The number of ether oxygens (including phenoxy) is 1. The molecule has 13 heteroatoms. The Kier molecular flexibility index (Phi) is 11.7. The summed E-state index contributed by atoms with van der Waals surface area (Å²) in [6.07, 6.45) is 13.9. The number of anilines is 2. The van der Waals surface area contributed by atoms with Gasteiger partial charge in [0.2, 0.25) is 5.91 Å². The molecule has 1 aromatic heterocycles. The number of hydrogen-bond donors (Lipinski definition) is 5. The molecule has 2 amide bonds. The molecular weight excluding hydrogens is 524 g/mol. The quantitative estimate of drug-likeness (QED) is 0.0939. The SMILES string of the molecule is C#C/C=C(\C=C/C)CCC1(CNC(=N)NC(=O)c2nc(Cl)c(N)nc2N)CCN(C(=O)CCC(=O)OC)CC1. The molecule has 0 radical (unpaired) electrons. The first-order valence-electron chi connectivity index (χ1n) is 12.4. The summed E-state index contributed by atoms with van der Waals surface area (Å²) in [6.45, 7) is 3.26. The Labute approximate surface area is 233 Å². The number of piperidine rings is 1. The monoisotopic (exact) mass is 558 g/mol. The van der Waals surface area contributed by atoms with E-state index in [4.69, 9.17) is 34.9 Å². The summed E-state index contributed by atoms with van der Waals surface area (Å²) in [5.74, 6) is 0.707. The number of carbonyl (C=O) groups excluding carboxylic acids is 3. The van der Waals surface area contributed by atoms with Gasteiger partial charge < -0.3 is 26.4 Å². The summed E-state index contributed by atoms with van der Waals surface area (Å²) in [6, 6.07) is 0. The second-order valence-corrected chi connectivity index (χ2v) is 9.52. The molecule has 0 aromatic carbocycles. The number of amides is 2. The molecule has 12 nitrogen and oxygen atoms in total. The number of guanidine groups is 1. The van der Waals surface area contributed by atoms with Gasteiger partial charge in [-0.05, 0) is 49.7 Å². The van der Waals surface area contributed by atoms with Crippen LogP contribution in [-0.2, 0) is 14.3 Å². The van der Waals surface area contributed by atoms with Gasteiger partial charge in [-0.15, -0.1) is 6.42 Å². The molecule has 1 fully saturated rings. The smallest absolute Gasteiger partial charge is 0.306 e. The van der Waals surface area contributed by atoms with Gasteiger partial charge >= 0.3 is 5.97 Å². The fourth-order valence-corrected chi connectivity index (χ4v) is 4.38. The third-order valence-corrected chi connectivity index (χ3v) is 6.82. The van der Waals surface area contributed by atoms with Gasteiger partial charge in [0.05, 0.1) is 13.5 Å². The minimum atomic E-state index is -0.758. The van der Waals surface area contributed by atoms with Crippen molar-refractivity contribution in [2.75, 3.05) is 38.2 Å². The number of likely N-dealkylation sites (tertiary alicyclic amines) is 1. The Morgan fingerprint density at radius 2 is 1.90 bits per heavy atom. The van der Waals surface area contributed by atoms with Crippen molar-refractivity contribution in [1.82, 2.24) is 25.5 Å². The number of nitrogens with zero attached hydrogens (tertiary/aromatic N) is 3. The Balaban J connectivity index is 2.08. The topological polar surface area (TPSA) is 189 Å². The molecule has 0 saturated carbocycles. The maximum atomic E-state index is 12.6. The molecule has 0 bridgehead atoms. The van der Waals surface area contributed by atoms with Crippen LogP contribution < -0.4 is 22.1 Å². The Morgan fingerprint density at radius 1 is 1.21 bits per heavy atom. The van der Waals surface area contributed by atoms with Crippen molar-refractivity contribution < 1.29 is 19.1 Å². The molecular formula is C26H35ClN8O4. The largest absolute Gasteiger partial charge is 0.469 e. The highest BCUT2D eigenvalue weighted by Crippen LogP contribution is 2.37. The van der Waals surface area contributed by atoms with Crippen molar-refractivity contribution in [3.63, 3.8) is 0 Å². The van der Waals surface area contributed by atoms with Crippen molar-refractivity contribution in [2.24, 2.45) is 5.41 Å². The molecule has 2 rings (SSSR count). The third kappa shape index (κ3) is 9.30. The maximum Gasteiger partial charge on any atom is 0.306 e. The van der Waals surface area contributed by atoms with Crippen LogP contribution in [0.3, 0.4) is 0 Å². The zero-order chi connectivity index (χ0) is 29.0. The fraction of sp³-hybridized carbons (Fsp3) is 0.462. The molecule has 7 N–H and O–H groups in total. The van der Waals surface area contributed by atoms with Crippen LogP contribution >= 0.6 is 11.6 Å². The number of nitrogens with two attached hydrogens (primary N) is 2. The first kappa shape index (κ1) is 31.1. The minimum absolute atomic E-state index is 0.0348. The van der Waals surface area contributed by atoms with E-state index in [0.29, 0.717) is 38.9 Å². The van der Waals surface area contributed by atoms with Crippen LogP contribution in [0.1, 0.15) is 55.9 Å². The number of nitrogens with one attached hydrogen (secondary N) is 3. The Hall–Kier alpha value is -4.11. The predicted octanol–water partition coefficient (Wildman–Crippen LogP) is 2.03. The number of carbonyl (C=O) groups is 3. The molecule has 1 aliphatic rings. The average molecular weight is 559 g/mol. The van der Waals surface area contributed by atoms with Gasteiger partial charge in [-0.3, -0.25) is 25.1 Å². The molecule has 0 atom stereocenters. The van der Waals surface area contributed by atoms with Crippen LogP contribution in [0.15, 0.2) is 23.8 Å². The van der Waals surface area contributed by atoms with Crippen LogP contribution in [0.25, 0.3) is 0 Å². The van der Waals surface area contributed by atoms with Gasteiger partial charge in [-0.25, -0.2) is 9.97 Å². The van der Waals surface area contributed by atoms with Crippen LogP contribution in [0.4, 0.5) is 11.6 Å². The molecule has 0 aliphatic carbocycles. The van der Waals surface area contributed by atoms with E-state index in [-0.39, 0.29) is 52.6 Å². The molecule has 1 aromatic rings. The number of esters is 1. The normalized spacial score (nSPS) is 14.9. The van der Waals surface area contributed by atoms with Crippen molar-refractivity contribution in [3.8, 4) is 12.3 Å². The first-order chi connectivity index (χ1) is 18.5. The number of rotatable bonds is 10. The third-order valence-electron chi connectivity index (χ3n) is 6.54. The van der Waals surface area contributed by atoms with Gasteiger partial charge in [0.1, 0.15) is 0 Å². The predicted molar refractivity (Wildman–Crippen MR) is 150 cm³/mol. The Bertz CT molecular complexity index is 1180. The lowest BCUT2D eigenvalue weighted by Gasteiger charge is -2.42. The van der Waals surface area contributed by atoms with Crippen molar-refractivity contribution >= 4 is 47.0 Å². The number of nitrogen functional groups attached to an aromatic ring is 2. The van der Waals surface area contributed by atoms with Gasteiger partial charge in [0.15, 0.2) is 28.4 Å². The zero-order valence-corrected chi connectivity index (χ0v) is 22.9. The number of halogens is 1. The summed E-state index contributed by atoms with van der Waals surface area (Å²) in [5, 5.41) is 13.5. The molecule has 0 unspecified atom stereocenters. The fourth-order valence-electron chi connectivity index (χ4n) is 4.25. The van der Waals surface area contributed by atoms with E-state index in [0.717, 1.165) is 12.0 Å². The number of allylic oxidation sites excluding steroid dienone is 4. The highest BCUT2D eigenvalue weighted by molar-refractivity contribution is 6.31. The lowest BCUT2D eigenvalue weighted by atomic mass is 9.73. The summed E-state index contributed by atoms with van der Waals surface area (Å²) in [4.78, 5) is 46.0. The highest BCUT2D eigenvalue weighted by Gasteiger charge is 2.36. The van der Waals surface area contributed by atoms with Gasteiger partial charge in [0, 0.05) is 26.1 Å². The van der Waals surface area contributed by atoms with Gasteiger partial charge in [-0.1, -0.05) is 29.7 Å². The molecule has 39 heavy (non-hydrogen) atoms. The molecule has 1 aliphatic heterocycles. The van der Waals surface area contributed by atoms with E-state index < -0.39 is 11.9 Å². The van der Waals surface area contributed by atoms with Crippen molar-refractivity contribution in [3.05, 3.63) is 34.6 Å². The van der Waals surface area contributed by atoms with Crippen LogP contribution in [-0.4, -0.2) is 65.4 Å². The second-order valence-electron chi connectivity index (χ2n) is 9.16. The van der Waals surface area contributed by atoms with E-state index in [1.54, 1.807) is 11.0 Å². The van der Waals surface area contributed by atoms with E-state index in [2.05, 4.69) is 31.3 Å². The molecule has 0 spiro atoms. The average Bonchev–Trinajstić information content (AvgIpc) is 2.91. The number of aromatic nitrogens is 2. The second kappa shape index (κ2) is 14.7. The minimum Gasteiger partial charge on any atom is -0.469 e. The van der Waals surface area contributed by atoms with Crippen LogP contribution in [0.5, 0.6) is 0 Å². The molecule has 1 saturated heterocycles. The maximum absolute atomic E-state index is 12.6. The van der Waals surface area contributed by atoms with Gasteiger partial charge in [-0.2, -0.15) is 0 Å². The van der Waals surface area contributed by atoms with Gasteiger partial charge in [0.25, 0.3) is 5.91 Å².